The van der Waals surface area contributed by atoms with Crippen LogP contribution in [0.5, 0.6) is 11.5 Å². The third-order valence-corrected chi connectivity index (χ3v) is 8.37. The summed E-state index contributed by atoms with van der Waals surface area (Å²) < 4.78 is 21.5. The Morgan fingerprint density at radius 1 is 0.763 bits per heavy atom. The summed E-state index contributed by atoms with van der Waals surface area (Å²) in [5, 5.41) is 59.6. The molecule has 4 atom stereocenters. The van der Waals surface area contributed by atoms with E-state index < -0.39 is 35.5 Å². The van der Waals surface area contributed by atoms with Gasteiger partial charge in [-0.3, -0.25) is 9.59 Å². The van der Waals surface area contributed by atoms with Gasteiger partial charge in [0.25, 0.3) is 11.8 Å². The van der Waals surface area contributed by atoms with E-state index in [-0.39, 0.29) is 77.3 Å². The zero-order chi connectivity index (χ0) is 42.4. The Labute approximate surface area is 376 Å². The fourth-order valence-corrected chi connectivity index (χ4v) is 4.47. The van der Waals surface area contributed by atoms with Gasteiger partial charge in [0.15, 0.2) is 12.4 Å². The number of unbranched alkanes of at least 4 members (excludes halogenated alkanes) is 1. The number of nitrogens with zero attached hydrogens (tertiary/aromatic N) is 3. The number of nitriles is 3. The largest absolute Gasteiger partial charge is 1.00 e. The van der Waals surface area contributed by atoms with Gasteiger partial charge < -0.3 is 52.4 Å². The van der Waals surface area contributed by atoms with E-state index in [1.54, 1.807) is 45.1 Å². The second-order valence-corrected chi connectivity index (χ2v) is 13.4. The van der Waals surface area contributed by atoms with E-state index in [0.29, 0.717) is 62.3 Å². The number of para-hydroxylation sites is 2. The molecule has 0 heterocycles. The molecule has 0 saturated carbocycles. The zero-order valence-electron chi connectivity index (χ0n) is 35.4. The van der Waals surface area contributed by atoms with Gasteiger partial charge in [0.2, 0.25) is 0 Å². The number of amides is 2. The molecule has 0 fully saturated rings. The van der Waals surface area contributed by atoms with Gasteiger partial charge in [0.05, 0.1) is 24.6 Å². The second-order valence-electron chi connectivity index (χ2n) is 13.4. The van der Waals surface area contributed by atoms with Gasteiger partial charge in [-0.1, -0.05) is 57.7 Å². The molecule has 0 aliphatic carbocycles. The predicted octanol–water partition coefficient (Wildman–Crippen LogP) is 1.83. The standard InChI is InChI=1S/C21H31N3O4.C17H28N2O4.C2HN3.2CH4.Na.H/c1-21(2,27-3)20(26)24-18(12-8-7-9-16(23)13-14-22)19(25)15-28-17-10-5-4-6-11-17;1-17(2,22-3)16(21)19-14(10-7-11-18)15(20)12-23-13-8-5-4-6-9-13;3-1-5-2-4;;;;/h4-6,10-11,18-19,23,25H,7-9,12-13,15H2,1-3H3,(H,24,26);4-6,8-9,14-15,20H,7,10-12,18H2,1-3H3,(H,19,21);5H;2*1H4;;/q;;;;;+1;-1/t18-,19?;14-,15?;;;;;/m00...../s1. The average molecular weight is 837 g/mol. The van der Waals surface area contributed by atoms with Gasteiger partial charge >= 0.3 is 29.6 Å². The van der Waals surface area contributed by atoms with Crippen LogP contribution in [0.2, 0.25) is 0 Å². The Morgan fingerprint density at radius 2 is 1.15 bits per heavy atom. The molecule has 0 radical (unpaired) electrons. The summed E-state index contributed by atoms with van der Waals surface area (Å²) in [6.07, 6.45) is 4.97. The Morgan fingerprint density at radius 3 is 1.47 bits per heavy atom. The summed E-state index contributed by atoms with van der Waals surface area (Å²) in [5.74, 6) is 0.734. The number of aliphatic hydroxyl groups is 2. The Kier molecular flexibility index (Phi) is 37.1. The summed E-state index contributed by atoms with van der Waals surface area (Å²) in [6.45, 7) is 7.31. The molecule has 0 aromatic heterocycles. The molecule has 59 heavy (non-hydrogen) atoms. The smallest absolute Gasteiger partial charge is 1.00 e. The maximum atomic E-state index is 12.5. The number of rotatable bonds is 23. The van der Waals surface area contributed by atoms with E-state index in [9.17, 15) is 19.8 Å². The first-order chi connectivity index (χ1) is 26.6. The van der Waals surface area contributed by atoms with Crippen molar-refractivity contribution in [2.75, 3.05) is 34.0 Å². The van der Waals surface area contributed by atoms with E-state index >= 15 is 0 Å². The molecule has 0 saturated heterocycles. The molecule has 2 unspecified atom stereocenters. The van der Waals surface area contributed by atoms with Crippen LogP contribution in [0.1, 0.15) is 88.9 Å². The van der Waals surface area contributed by atoms with Crippen molar-refractivity contribution in [3.8, 4) is 30.0 Å². The van der Waals surface area contributed by atoms with Gasteiger partial charge in [-0.2, -0.15) is 15.8 Å². The molecule has 2 aromatic carbocycles. The van der Waals surface area contributed by atoms with Crippen LogP contribution in [-0.2, 0) is 19.1 Å². The third kappa shape index (κ3) is 27.9. The molecule has 2 aromatic rings. The summed E-state index contributed by atoms with van der Waals surface area (Å²) in [6, 6.07) is 19.4. The number of nitrogens with two attached hydrogens (primary N) is 1. The first kappa shape index (κ1) is 61.4. The number of nitrogens with one attached hydrogen (secondary N) is 4. The fraction of sp³-hybridized carbons (Fsp3) is 0.571. The number of hydrogen-bond acceptors (Lipinski definition) is 14. The topological polar surface area (TPSA) is 269 Å². The van der Waals surface area contributed by atoms with E-state index in [4.69, 9.17) is 45.9 Å². The number of aliphatic hydroxyl groups excluding tert-OH is 2. The van der Waals surface area contributed by atoms with Crippen LogP contribution in [0.15, 0.2) is 60.7 Å². The number of ether oxygens (including phenoxy) is 4. The van der Waals surface area contributed by atoms with Crippen LogP contribution in [0.3, 0.4) is 0 Å². The van der Waals surface area contributed by atoms with Gasteiger partial charge in [-0.05, 0) is 90.6 Å². The SMILES string of the molecule is C.C.COC(C)(C)C(=O)N[C@@H](CCCCC(=N)CC#N)C(O)COc1ccccc1.COC(C)(C)C(=O)N[C@@H](CCCN)C(O)COc1ccccc1.N#CNC#N.[H-].[Na+]. The Hall–Kier alpha value is -4.28. The molecule has 326 valence electrons. The third-order valence-electron chi connectivity index (χ3n) is 8.37. The minimum atomic E-state index is -1.01. The van der Waals surface area contributed by atoms with Crippen molar-refractivity contribution in [3.63, 3.8) is 0 Å². The van der Waals surface area contributed by atoms with Crippen molar-refractivity contribution in [1.29, 1.82) is 21.2 Å². The average Bonchev–Trinajstić information content (AvgIpc) is 3.20. The van der Waals surface area contributed by atoms with E-state index in [1.807, 2.05) is 54.6 Å². The van der Waals surface area contributed by atoms with Gasteiger partial charge in [0, 0.05) is 19.9 Å². The molecule has 0 aliphatic heterocycles. The molecule has 0 bridgehead atoms. The van der Waals surface area contributed by atoms with Crippen molar-refractivity contribution in [3.05, 3.63) is 60.7 Å². The number of benzene rings is 2. The molecule has 8 N–H and O–H groups in total. The predicted molar refractivity (Wildman–Crippen MR) is 226 cm³/mol. The number of hydrogen-bond donors (Lipinski definition) is 7. The van der Waals surface area contributed by atoms with Crippen molar-refractivity contribution >= 4 is 17.5 Å². The van der Waals surface area contributed by atoms with Crippen LogP contribution in [-0.4, -0.2) is 97.2 Å². The first-order valence-corrected chi connectivity index (χ1v) is 18.2. The van der Waals surface area contributed by atoms with Crippen LogP contribution in [0, 0.1) is 39.7 Å². The van der Waals surface area contributed by atoms with Crippen LogP contribution >= 0.6 is 0 Å². The maximum Gasteiger partial charge on any atom is 1.00 e. The summed E-state index contributed by atoms with van der Waals surface area (Å²) in [4.78, 5) is 24.7. The first-order valence-electron chi connectivity index (χ1n) is 18.2. The van der Waals surface area contributed by atoms with Crippen LogP contribution in [0.25, 0.3) is 0 Å². The zero-order valence-corrected chi connectivity index (χ0v) is 36.4. The minimum absolute atomic E-state index is 0. The molecule has 0 aliphatic rings. The summed E-state index contributed by atoms with van der Waals surface area (Å²) in [5.41, 5.74) is 3.97. The van der Waals surface area contributed by atoms with Crippen LogP contribution in [0.4, 0.5) is 0 Å². The molecular formula is C42H69N8NaO8. The Balaban J connectivity index is -0.000000288. The quantitative estimate of drug-likeness (QED) is 0.0277. The number of carbonyl (C=O) groups is 2. The number of methoxy groups -OCH3 is 2. The van der Waals surface area contributed by atoms with Gasteiger partial charge in [-0.25, -0.2) is 5.32 Å². The Bertz CT molecular complexity index is 1530. The molecule has 17 heteroatoms. The minimum Gasteiger partial charge on any atom is -1.00 e. The summed E-state index contributed by atoms with van der Waals surface area (Å²) >= 11 is 0. The van der Waals surface area contributed by atoms with Crippen molar-refractivity contribution in [2.45, 2.75) is 123 Å². The van der Waals surface area contributed by atoms with E-state index in [1.165, 1.54) is 26.6 Å². The van der Waals surface area contributed by atoms with Crippen molar-refractivity contribution < 1.29 is 69.7 Å². The fourth-order valence-electron chi connectivity index (χ4n) is 4.47. The monoisotopic (exact) mass is 837 g/mol. The molecule has 0 spiro atoms. The maximum absolute atomic E-state index is 12.5. The number of carbonyl (C=O) groups excluding carboxylic acids is 2. The van der Waals surface area contributed by atoms with Crippen molar-refractivity contribution in [2.24, 2.45) is 5.73 Å². The molecular weight excluding hydrogens is 767 g/mol. The van der Waals surface area contributed by atoms with Gasteiger partial charge in [0.1, 0.15) is 48.1 Å². The molecule has 2 amide bonds. The van der Waals surface area contributed by atoms with Gasteiger partial charge in [-0.15, -0.1) is 0 Å². The van der Waals surface area contributed by atoms with Crippen molar-refractivity contribution in [1.82, 2.24) is 16.0 Å². The molecule has 2 rings (SSSR count). The summed E-state index contributed by atoms with van der Waals surface area (Å²) in [7, 11) is 2.94. The second kappa shape index (κ2) is 35.6. The normalized spacial score (nSPS) is 12.1. The van der Waals surface area contributed by atoms with E-state index in [0.717, 1.165) is 0 Å². The van der Waals surface area contributed by atoms with E-state index in [2.05, 4.69) is 10.6 Å². The van der Waals surface area contributed by atoms with Crippen LogP contribution < -0.4 is 60.7 Å². The molecule has 16 nitrogen and oxygen atoms in total.